The summed E-state index contributed by atoms with van der Waals surface area (Å²) in [5.74, 6) is 2.19. The maximum absolute atomic E-state index is 6.00. The number of nitrogens with zero attached hydrogens (tertiary/aromatic N) is 2. The van der Waals surface area contributed by atoms with E-state index >= 15 is 0 Å². The van der Waals surface area contributed by atoms with Gasteiger partial charge in [0.2, 0.25) is 11.7 Å². The van der Waals surface area contributed by atoms with Gasteiger partial charge in [0.05, 0.1) is 12.7 Å². The van der Waals surface area contributed by atoms with Crippen molar-refractivity contribution in [2.24, 2.45) is 11.7 Å². The first-order valence-corrected chi connectivity index (χ1v) is 6.33. The highest BCUT2D eigenvalue weighted by Gasteiger charge is 2.16. The Bertz CT molecular complexity index is 537. The van der Waals surface area contributed by atoms with Crippen LogP contribution in [0.5, 0.6) is 5.75 Å². The second kappa shape index (κ2) is 5.84. The summed E-state index contributed by atoms with van der Waals surface area (Å²) in [5, 5.41) is 3.99. The average molecular weight is 261 g/mol. The fraction of sp³-hybridized carbons (Fsp3) is 0.429. The molecule has 2 N–H and O–H groups in total. The van der Waals surface area contributed by atoms with Gasteiger partial charge >= 0.3 is 0 Å². The fourth-order valence-corrected chi connectivity index (χ4v) is 1.71. The minimum Gasteiger partial charge on any atom is -0.496 e. The second-order valence-electron chi connectivity index (χ2n) is 4.82. The fourth-order valence-electron chi connectivity index (χ4n) is 1.71. The predicted octanol–water partition coefficient (Wildman–Crippen LogP) is 2.27. The third-order valence-electron chi connectivity index (χ3n) is 3.08. The number of hydrogen-bond donors (Lipinski definition) is 1. The van der Waals surface area contributed by atoms with Crippen LogP contribution in [-0.4, -0.2) is 23.3 Å². The normalized spacial score (nSPS) is 12.7. The molecule has 102 valence electrons. The highest BCUT2D eigenvalue weighted by atomic mass is 16.5. The van der Waals surface area contributed by atoms with E-state index in [0.29, 0.717) is 24.1 Å². The molecule has 1 aromatic carbocycles. The molecule has 0 spiro atoms. The molecular formula is C14H19N3O2. The van der Waals surface area contributed by atoms with Gasteiger partial charge in [-0.2, -0.15) is 4.98 Å². The highest BCUT2D eigenvalue weighted by molar-refractivity contribution is 5.63. The Kier molecular flexibility index (Phi) is 4.16. The van der Waals surface area contributed by atoms with Gasteiger partial charge in [0.15, 0.2) is 0 Å². The standard InChI is InChI=1S/C14H19N3O2/c1-9(2)11(15)8-13-16-14(17-19-13)10-6-4-5-7-12(10)18-3/h4-7,9,11H,8,15H2,1-3H3. The molecule has 0 bridgehead atoms. The molecule has 5 heteroatoms. The quantitative estimate of drug-likeness (QED) is 0.893. The van der Waals surface area contributed by atoms with Gasteiger partial charge in [0, 0.05) is 12.5 Å². The lowest BCUT2D eigenvalue weighted by molar-refractivity contribution is 0.353. The van der Waals surface area contributed by atoms with Crippen molar-refractivity contribution in [3.05, 3.63) is 30.2 Å². The number of methoxy groups -OCH3 is 1. The number of benzene rings is 1. The third-order valence-corrected chi connectivity index (χ3v) is 3.08. The van der Waals surface area contributed by atoms with Crippen LogP contribution in [0.4, 0.5) is 0 Å². The molecule has 0 amide bonds. The molecule has 2 rings (SSSR count). The number of aromatic nitrogens is 2. The Morgan fingerprint density at radius 3 is 2.74 bits per heavy atom. The zero-order chi connectivity index (χ0) is 13.8. The van der Waals surface area contributed by atoms with Crippen LogP contribution in [0.25, 0.3) is 11.4 Å². The number of rotatable bonds is 5. The largest absolute Gasteiger partial charge is 0.496 e. The van der Waals surface area contributed by atoms with Crippen molar-refractivity contribution in [1.82, 2.24) is 10.1 Å². The lowest BCUT2D eigenvalue weighted by Crippen LogP contribution is -2.28. The van der Waals surface area contributed by atoms with Crippen molar-refractivity contribution in [2.45, 2.75) is 26.3 Å². The van der Waals surface area contributed by atoms with Crippen LogP contribution in [0.3, 0.4) is 0 Å². The molecular weight excluding hydrogens is 242 g/mol. The van der Waals surface area contributed by atoms with E-state index < -0.39 is 0 Å². The lowest BCUT2D eigenvalue weighted by atomic mass is 10.0. The van der Waals surface area contributed by atoms with E-state index in [2.05, 4.69) is 24.0 Å². The smallest absolute Gasteiger partial charge is 0.228 e. The molecule has 1 heterocycles. The molecule has 0 radical (unpaired) electrons. The summed E-state index contributed by atoms with van der Waals surface area (Å²) in [6, 6.07) is 7.60. The van der Waals surface area contributed by atoms with E-state index in [1.54, 1.807) is 7.11 Å². The molecule has 1 unspecified atom stereocenters. The van der Waals surface area contributed by atoms with E-state index in [0.717, 1.165) is 11.3 Å². The van der Waals surface area contributed by atoms with Crippen LogP contribution in [0.1, 0.15) is 19.7 Å². The molecule has 5 nitrogen and oxygen atoms in total. The van der Waals surface area contributed by atoms with E-state index in [1.807, 2.05) is 24.3 Å². The third kappa shape index (κ3) is 3.12. The van der Waals surface area contributed by atoms with Gasteiger partial charge in [-0.3, -0.25) is 0 Å². The molecule has 0 aliphatic rings. The van der Waals surface area contributed by atoms with Gasteiger partial charge < -0.3 is 15.0 Å². The molecule has 2 aromatic rings. The molecule has 0 aliphatic carbocycles. The minimum absolute atomic E-state index is 0.0194. The SMILES string of the molecule is COc1ccccc1-c1noc(CC(N)C(C)C)n1. The average Bonchev–Trinajstić information content (AvgIpc) is 2.86. The van der Waals surface area contributed by atoms with Crippen LogP contribution >= 0.6 is 0 Å². The van der Waals surface area contributed by atoms with Gasteiger partial charge in [-0.15, -0.1) is 0 Å². The highest BCUT2D eigenvalue weighted by Crippen LogP contribution is 2.27. The first-order chi connectivity index (χ1) is 9.11. The molecule has 0 saturated carbocycles. The minimum atomic E-state index is 0.0194. The summed E-state index contributed by atoms with van der Waals surface area (Å²) in [4.78, 5) is 4.37. The maximum Gasteiger partial charge on any atom is 0.228 e. The Balaban J connectivity index is 2.21. The van der Waals surface area contributed by atoms with Crippen LogP contribution in [0.15, 0.2) is 28.8 Å². The summed E-state index contributed by atoms with van der Waals surface area (Å²) in [5.41, 5.74) is 6.82. The molecule has 19 heavy (non-hydrogen) atoms. The summed E-state index contributed by atoms with van der Waals surface area (Å²) in [6.45, 7) is 4.14. The topological polar surface area (TPSA) is 74.2 Å². The number of ether oxygens (including phenoxy) is 1. The summed E-state index contributed by atoms with van der Waals surface area (Å²) < 4.78 is 10.5. The Labute approximate surface area is 112 Å². The summed E-state index contributed by atoms with van der Waals surface area (Å²) in [7, 11) is 1.62. The number of hydrogen-bond acceptors (Lipinski definition) is 5. The maximum atomic E-state index is 6.00. The van der Waals surface area contributed by atoms with Crippen LogP contribution in [0.2, 0.25) is 0 Å². The summed E-state index contributed by atoms with van der Waals surface area (Å²) >= 11 is 0. The molecule has 0 saturated heterocycles. The van der Waals surface area contributed by atoms with E-state index in [4.69, 9.17) is 15.0 Å². The van der Waals surface area contributed by atoms with Gasteiger partial charge in [0.25, 0.3) is 0 Å². The molecule has 0 aliphatic heterocycles. The monoisotopic (exact) mass is 261 g/mol. The molecule has 1 atom stereocenters. The lowest BCUT2D eigenvalue weighted by Gasteiger charge is -2.11. The zero-order valence-corrected chi connectivity index (χ0v) is 11.5. The van der Waals surface area contributed by atoms with Crippen molar-refractivity contribution >= 4 is 0 Å². The van der Waals surface area contributed by atoms with Crippen LogP contribution in [0, 0.1) is 5.92 Å². The Morgan fingerprint density at radius 1 is 1.32 bits per heavy atom. The Morgan fingerprint density at radius 2 is 2.05 bits per heavy atom. The van der Waals surface area contributed by atoms with E-state index in [1.165, 1.54) is 0 Å². The van der Waals surface area contributed by atoms with Crippen molar-refractivity contribution in [3.8, 4) is 17.1 Å². The first kappa shape index (κ1) is 13.5. The summed E-state index contributed by atoms with van der Waals surface area (Å²) in [6.07, 6.45) is 0.583. The first-order valence-electron chi connectivity index (χ1n) is 6.33. The van der Waals surface area contributed by atoms with Crippen LogP contribution in [-0.2, 0) is 6.42 Å². The van der Waals surface area contributed by atoms with Gasteiger partial charge in [-0.25, -0.2) is 0 Å². The molecule has 0 fully saturated rings. The van der Waals surface area contributed by atoms with Crippen molar-refractivity contribution in [3.63, 3.8) is 0 Å². The Hall–Kier alpha value is -1.88. The van der Waals surface area contributed by atoms with Gasteiger partial charge in [0.1, 0.15) is 5.75 Å². The number of para-hydroxylation sites is 1. The zero-order valence-electron chi connectivity index (χ0n) is 11.5. The second-order valence-corrected chi connectivity index (χ2v) is 4.82. The van der Waals surface area contributed by atoms with Crippen molar-refractivity contribution in [2.75, 3.05) is 7.11 Å². The van der Waals surface area contributed by atoms with E-state index in [-0.39, 0.29) is 6.04 Å². The van der Waals surface area contributed by atoms with Crippen LogP contribution < -0.4 is 10.5 Å². The number of nitrogens with two attached hydrogens (primary N) is 1. The van der Waals surface area contributed by atoms with Crippen molar-refractivity contribution < 1.29 is 9.26 Å². The van der Waals surface area contributed by atoms with Crippen molar-refractivity contribution in [1.29, 1.82) is 0 Å². The molecule has 1 aromatic heterocycles. The van der Waals surface area contributed by atoms with E-state index in [9.17, 15) is 0 Å². The van der Waals surface area contributed by atoms with Gasteiger partial charge in [-0.05, 0) is 18.1 Å². The van der Waals surface area contributed by atoms with Gasteiger partial charge in [-0.1, -0.05) is 31.1 Å². The predicted molar refractivity (Wildman–Crippen MR) is 72.8 cm³/mol.